The van der Waals surface area contributed by atoms with Gasteiger partial charge in [0.05, 0.1) is 0 Å². The minimum absolute atomic E-state index is 0.0142. The minimum Gasteiger partial charge on any atom is -0.444 e. The predicted molar refractivity (Wildman–Crippen MR) is 111 cm³/mol. The summed E-state index contributed by atoms with van der Waals surface area (Å²) >= 11 is 0. The van der Waals surface area contributed by atoms with Crippen molar-refractivity contribution in [1.29, 1.82) is 0 Å². The van der Waals surface area contributed by atoms with Crippen molar-refractivity contribution in [2.75, 3.05) is 32.7 Å². The first kappa shape index (κ1) is 22.7. The normalized spacial score (nSPS) is 14.9. The Hall–Kier alpha value is -2.57. The number of benzene rings is 1. The molecule has 1 aromatic rings. The van der Waals surface area contributed by atoms with E-state index in [9.17, 15) is 14.4 Å². The minimum atomic E-state index is -0.560. The van der Waals surface area contributed by atoms with E-state index in [1.807, 2.05) is 35.2 Å². The first-order valence-electron chi connectivity index (χ1n) is 10.3. The van der Waals surface area contributed by atoms with Crippen LogP contribution in [0.2, 0.25) is 0 Å². The Bertz CT molecular complexity index is 685. The number of ether oxygens (including phenoxy) is 1. The zero-order valence-electron chi connectivity index (χ0n) is 17.8. The Balaban J connectivity index is 1.70. The van der Waals surface area contributed by atoms with Gasteiger partial charge in [0, 0.05) is 45.6 Å². The maximum absolute atomic E-state index is 12.5. The third-order valence-electron chi connectivity index (χ3n) is 4.68. The molecule has 1 aliphatic rings. The molecule has 0 bridgehead atoms. The summed E-state index contributed by atoms with van der Waals surface area (Å²) < 4.78 is 5.16. The highest BCUT2D eigenvalue weighted by atomic mass is 16.6. The van der Waals surface area contributed by atoms with E-state index in [0.29, 0.717) is 32.6 Å². The largest absolute Gasteiger partial charge is 0.444 e. The summed E-state index contributed by atoms with van der Waals surface area (Å²) in [5.74, 6) is 0.120. The highest BCUT2D eigenvalue weighted by Crippen LogP contribution is 2.10. The molecule has 2 rings (SSSR count). The van der Waals surface area contributed by atoms with Gasteiger partial charge in [-0.25, -0.2) is 4.79 Å². The van der Waals surface area contributed by atoms with Crippen molar-refractivity contribution >= 4 is 17.9 Å². The summed E-state index contributed by atoms with van der Waals surface area (Å²) in [4.78, 5) is 40.2. The van der Waals surface area contributed by atoms with Gasteiger partial charge in [0.15, 0.2) is 0 Å². The van der Waals surface area contributed by atoms with Gasteiger partial charge in [-0.2, -0.15) is 0 Å². The van der Waals surface area contributed by atoms with E-state index >= 15 is 0 Å². The highest BCUT2D eigenvalue weighted by molar-refractivity contribution is 5.78. The van der Waals surface area contributed by atoms with E-state index in [0.717, 1.165) is 18.4 Å². The van der Waals surface area contributed by atoms with Crippen LogP contribution < -0.4 is 5.32 Å². The van der Waals surface area contributed by atoms with E-state index in [1.165, 1.54) is 0 Å². The number of hydrogen-bond donors (Lipinski definition) is 1. The topological polar surface area (TPSA) is 79.0 Å². The number of alkyl carbamates (subject to hydrolysis) is 1. The molecule has 29 heavy (non-hydrogen) atoms. The van der Waals surface area contributed by atoms with Crippen LogP contribution in [0.25, 0.3) is 0 Å². The average molecular weight is 404 g/mol. The first-order chi connectivity index (χ1) is 13.7. The number of hydrogen-bond acceptors (Lipinski definition) is 4. The lowest BCUT2D eigenvalue weighted by atomic mass is 10.1. The van der Waals surface area contributed by atoms with E-state index < -0.39 is 11.7 Å². The number of carbonyl (C=O) groups excluding carboxylic acids is 3. The molecule has 3 amide bonds. The predicted octanol–water partition coefficient (Wildman–Crippen LogP) is 2.59. The van der Waals surface area contributed by atoms with Crippen molar-refractivity contribution < 1.29 is 19.1 Å². The van der Waals surface area contributed by atoms with Gasteiger partial charge in [-0.1, -0.05) is 30.3 Å². The van der Waals surface area contributed by atoms with Gasteiger partial charge in [-0.3, -0.25) is 9.59 Å². The van der Waals surface area contributed by atoms with E-state index in [4.69, 9.17) is 4.74 Å². The zero-order chi connectivity index (χ0) is 21.3. The maximum atomic E-state index is 12.5. The summed E-state index contributed by atoms with van der Waals surface area (Å²) in [6.07, 6.45) is 1.69. The molecule has 0 unspecified atom stereocenters. The molecule has 1 heterocycles. The fourth-order valence-corrected chi connectivity index (χ4v) is 3.21. The average Bonchev–Trinajstić information content (AvgIpc) is 2.92. The lowest BCUT2D eigenvalue weighted by Gasteiger charge is -2.23. The molecule has 1 aromatic carbocycles. The van der Waals surface area contributed by atoms with E-state index in [-0.39, 0.29) is 24.8 Å². The Morgan fingerprint density at radius 3 is 2.10 bits per heavy atom. The summed E-state index contributed by atoms with van der Waals surface area (Å²) in [5, 5.41) is 2.61. The Morgan fingerprint density at radius 2 is 1.52 bits per heavy atom. The van der Waals surface area contributed by atoms with Crippen LogP contribution in [-0.2, 0) is 20.7 Å². The Kier molecular flexibility index (Phi) is 8.49. The molecular weight excluding hydrogens is 370 g/mol. The number of aryl methyl sites for hydroxylation is 1. The van der Waals surface area contributed by atoms with Gasteiger partial charge in [-0.05, 0) is 39.2 Å². The summed E-state index contributed by atoms with van der Waals surface area (Å²) in [5.41, 5.74) is 0.597. The molecule has 0 aliphatic carbocycles. The molecule has 0 spiro atoms. The van der Waals surface area contributed by atoms with Crippen molar-refractivity contribution in [3.05, 3.63) is 35.9 Å². The van der Waals surface area contributed by atoms with Crippen LogP contribution in [0.4, 0.5) is 4.79 Å². The molecule has 7 heteroatoms. The second kappa shape index (κ2) is 10.8. The van der Waals surface area contributed by atoms with Gasteiger partial charge in [0.1, 0.15) is 5.60 Å². The van der Waals surface area contributed by atoms with Crippen molar-refractivity contribution in [3.63, 3.8) is 0 Å². The fraction of sp³-hybridized carbons (Fsp3) is 0.591. The van der Waals surface area contributed by atoms with Crippen molar-refractivity contribution in [2.24, 2.45) is 0 Å². The SMILES string of the molecule is CC(C)(C)OC(=O)NCCC(=O)N1CCCN(C(=O)CCc2ccccc2)CC1. The third-order valence-corrected chi connectivity index (χ3v) is 4.68. The fourth-order valence-electron chi connectivity index (χ4n) is 3.21. The monoisotopic (exact) mass is 403 g/mol. The van der Waals surface area contributed by atoms with E-state index in [1.54, 1.807) is 25.7 Å². The number of amides is 3. The van der Waals surface area contributed by atoms with Crippen LogP contribution in [-0.4, -0.2) is 66.0 Å². The number of rotatable bonds is 6. The van der Waals surface area contributed by atoms with Gasteiger partial charge in [0.25, 0.3) is 0 Å². The van der Waals surface area contributed by atoms with Crippen LogP contribution >= 0.6 is 0 Å². The summed E-state index contributed by atoms with van der Waals surface area (Å²) in [7, 11) is 0. The maximum Gasteiger partial charge on any atom is 0.407 e. The second-order valence-electron chi connectivity index (χ2n) is 8.28. The summed E-state index contributed by atoms with van der Waals surface area (Å²) in [6.45, 7) is 8.01. The molecule has 0 aromatic heterocycles. The van der Waals surface area contributed by atoms with Crippen LogP contribution in [0.5, 0.6) is 0 Å². The standard InChI is InChI=1S/C22H33N3O4/c1-22(2,3)29-21(28)23-13-12-20(27)25-15-7-14-24(16-17-25)19(26)11-10-18-8-5-4-6-9-18/h4-6,8-9H,7,10-17H2,1-3H3,(H,23,28). The third kappa shape index (κ3) is 8.54. The second-order valence-corrected chi connectivity index (χ2v) is 8.28. The van der Waals surface area contributed by atoms with Crippen LogP contribution in [0.3, 0.4) is 0 Å². The number of nitrogens with one attached hydrogen (secondary N) is 1. The molecular formula is C22H33N3O4. The quantitative estimate of drug-likeness (QED) is 0.792. The summed E-state index contributed by atoms with van der Waals surface area (Å²) in [6, 6.07) is 9.98. The molecule has 0 radical (unpaired) electrons. The lowest BCUT2D eigenvalue weighted by Crippen LogP contribution is -2.39. The van der Waals surface area contributed by atoms with Gasteiger partial charge >= 0.3 is 6.09 Å². The number of nitrogens with zero attached hydrogens (tertiary/aromatic N) is 2. The first-order valence-corrected chi connectivity index (χ1v) is 10.3. The van der Waals surface area contributed by atoms with Gasteiger partial charge in [-0.15, -0.1) is 0 Å². The van der Waals surface area contributed by atoms with Crippen LogP contribution in [0.1, 0.15) is 45.6 Å². The molecule has 0 saturated carbocycles. The number of carbonyl (C=O) groups is 3. The van der Waals surface area contributed by atoms with Crippen molar-refractivity contribution in [2.45, 2.75) is 52.1 Å². The Labute approximate surface area is 173 Å². The molecule has 1 saturated heterocycles. The highest BCUT2D eigenvalue weighted by Gasteiger charge is 2.22. The molecule has 1 N–H and O–H groups in total. The smallest absolute Gasteiger partial charge is 0.407 e. The Morgan fingerprint density at radius 1 is 0.931 bits per heavy atom. The van der Waals surface area contributed by atoms with Crippen LogP contribution in [0.15, 0.2) is 30.3 Å². The zero-order valence-corrected chi connectivity index (χ0v) is 17.8. The molecule has 0 atom stereocenters. The van der Waals surface area contributed by atoms with Crippen molar-refractivity contribution in [3.8, 4) is 0 Å². The molecule has 1 aliphatic heterocycles. The lowest BCUT2D eigenvalue weighted by molar-refractivity contribution is -0.133. The molecule has 160 valence electrons. The van der Waals surface area contributed by atoms with Gasteiger partial charge in [0.2, 0.25) is 11.8 Å². The molecule has 7 nitrogen and oxygen atoms in total. The van der Waals surface area contributed by atoms with Crippen molar-refractivity contribution in [1.82, 2.24) is 15.1 Å². The van der Waals surface area contributed by atoms with Gasteiger partial charge < -0.3 is 19.9 Å². The molecule has 1 fully saturated rings. The van der Waals surface area contributed by atoms with E-state index in [2.05, 4.69) is 5.32 Å². The van der Waals surface area contributed by atoms with Crippen LogP contribution in [0, 0.1) is 0 Å².